The first kappa shape index (κ1) is 16.0. The van der Waals surface area contributed by atoms with Gasteiger partial charge in [-0.05, 0) is 6.42 Å². The van der Waals surface area contributed by atoms with Gasteiger partial charge in [0, 0.05) is 18.8 Å². The number of urea groups is 1. The molecule has 1 N–H and O–H groups in total. The molecule has 0 radical (unpaired) electrons. The first-order valence-corrected chi connectivity index (χ1v) is 5.55. The van der Waals surface area contributed by atoms with Gasteiger partial charge in [-0.1, -0.05) is 6.92 Å². The zero-order valence-corrected chi connectivity index (χ0v) is 10.1. The third-order valence-electron chi connectivity index (χ3n) is 1.72. The van der Waals surface area contributed by atoms with E-state index in [9.17, 15) is 22.8 Å². The maximum absolute atomic E-state index is 12.1. The maximum Gasteiger partial charge on any atom is 0.406 e. The van der Waals surface area contributed by atoms with Crippen molar-refractivity contribution in [1.82, 2.24) is 10.2 Å². The number of alkyl halides is 4. The molecule has 0 heterocycles. The monoisotopic (exact) mass is 274 g/mol. The van der Waals surface area contributed by atoms with Crippen molar-refractivity contribution < 1.29 is 22.8 Å². The van der Waals surface area contributed by atoms with Gasteiger partial charge in [0.2, 0.25) is 5.91 Å². The Hall–Kier alpha value is -0.980. The van der Waals surface area contributed by atoms with Gasteiger partial charge in [0.1, 0.15) is 6.54 Å². The summed E-state index contributed by atoms with van der Waals surface area (Å²) in [5.41, 5.74) is 0. The highest BCUT2D eigenvalue weighted by molar-refractivity contribution is 6.19. The molecule has 0 unspecified atom stereocenters. The van der Waals surface area contributed by atoms with Crippen molar-refractivity contribution in [2.75, 3.05) is 19.0 Å². The zero-order chi connectivity index (χ0) is 13.5. The number of amides is 3. The molecule has 4 nitrogen and oxygen atoms in total. The molecule has 8 heteroatoms. The van der Waals surface area contributed by atoms with E-state index in [4.69, 9.17) is 11.6 Å². The average molecular weight is 275 g/mol. The van der Waals surface area contributed by atoms with E-state index >= 15 is 0 Å². The number of nitrogens with one attached hydrogen (secondary N) is 1. The fourth-order valence-corrected chi connectivity index (χ4v) is 1.26. The van der Waals surface area contributed by atoms with E-state index < -0.39 is 24.7 Å². The Bertz CT molecular complexity index is 271. The van der Waals surface area contributed by atoms with Gasteiger partial charge in [-0.3, -0.25) is 10.1 Å². The van der Waals surface area contributed by atoms with Crippen LogP contribution in [0.1, 0.15) is 19.8 Å². The highest BCUT2D eigenvalue weighted by atomic mass is 35.5. The summed E-state index contributed by atoms with van der Waals surface area (Å²) in [6.07, 6.45) is -4.23. The Morgan fingerprint density at radius 1 is 1.35 bits per heavy atom. The molecule has 0 aliphatic carbocycles. The zero-order valence-electron chi connectivity index (χ0n) is 9.31. The third kappa shape index (κ3) is 7.84. The van der Waals surface area contributed by atoms with E-state index in [-0.39, 0.29) is 18.8 Å². The summed E-state index contributed by atoms with van der Waals surface area (Å²) in [7, 11) is 0. The van der Waals surface area contributed by atoms with Crippen LogP contribution >= 0.6 is 11.6 Å². The van der Waals surface area contributed by atoms with Crippen LogP contribution in [0.5, 0.6) is 0 Å². The number of carbonyl (C=O) groups excluding carboxylic acids is 2. The summed E-state index contributed by atoms with van der Waals surface area (Å²) >= 11 is 5.26. The molecule has 0 atom stereocenters. The van der Waals surface area contributed by atoms with Gasteiger partial charge < -0.3 is 4.90 Å². The standard InChI is InChI=1S/C9H14ClF3N2O2/c1-2-5-15(6-9(11,12)13)8(17)14-7(16)3-4-10/h2-6H2,1H3,(H,14,16,17). The van der Waals surface area contributed by atoms with Crippen LogP contribution in [0.3, 0.4) is 0 Å². The Balaban J connectivity index is 4.39. The van der Waals surface area contributed by atoms with E-state index in [0.717, 1.165) is 0 Å². The second-order valence-corrected chi connectivity index (χ2v) is 3.71. The molecular weight excluding hydrogens is 261 g/mol. The largest absolute Gasteiger partial charge is 0.406 e. The number of halogens is 4. The van der Waals surface area contributed by atoms with Crippen molar-refractivity contribution in [3.63, 3.8) is 0 Å². The van der Waals surface area contributed by atoms with Crippen molar-refractivity contribution in [2.24, 2.45) is 0 Å². The number of hydrogen-bond donors (Lipinski definition) is 1. The van der Waals surface area contributed by atoms with E-state index in [1.807, 2.05) is 5.32 Å². The van der Waals surface area contributed by atoms with Crippen LogP contribution in [0.4, 0.5) is 18.0 Å². The smallest absolute Gasteiger partial charge is 0.315 e. The quantitative estimate of drug-likeness (QED) is 0.781. The summed E-state index contributed by atoms with van der Waals surface area (Å²) in [6, 6.07) is -1.04. The summed E-state index contributed by atoms with van der Waals surface area (Å²) in [6.45, 7) is 0.192. The lowest BCUT2D eigenvalue weighted by molar-refractivity contribution is -0.140. The predicted molar refractivity (Wildman–Crippen MR) is 56.8 cm³/mol. The molecule has 0 bridgehead atoms. The molecule has 17 heavy (non-hydrogen) atoms. The molecule has 0 saturated carbocycles. The number of nitrogens with zero attached hydrogens (tertiary/aromatic N) is 1. The Morgan fingerprint density at radius 2 is 1.94 bits per heavy atom. The van der Waals surface area contributed by atoms with Crippen LogP contribution in [-0.4, -0.2) is 42.0 Å². The molecule has 0 spiro atoms. The average Bonchev–Trinajstić information content (AvgIpc) is 2.15. The van der Waals surface area contributed by atoms with Crippen molar-refractivity contribution in [3.05, 3.63) is 0 Å². The van der Waals surface area contributed by atoms with Crippen molar-refractivity contribution in [3.8, 4) is 0 Å². The van der Waals surface area contributed by atoms with Crippen LogP contribution < -0.4 is 5.32 Å². The van der Waals surface area contributed by atoms with E-state index in [1.165, 1.54) is 0 Å². The fourth-order valence-electron chi connectivity index (χ4n) is 1.09. The first-order chi connectivity index (χ1) is 7.80. The lowest BCUT2D eigenvalue weighted by Gasteiger charge is -2.23. The minimum absolute atomic E-state index is 0.00611. The number of imide groups is 1. The molecule has 0 saturated heterocycles. The molecular formula is C9H14ClF3N2O2. The van der Waals surface area contributed by atoms with Crippen LogP contribution in [-0.2, 0) is 4.79 Å². The summed E-state index contributed by atoms with van der Waals surface area (Å²) in [4.78, 5) is 22.9. The highest BCUT2D eigenvalue weighted by Crippen LogP contribution is 2.16. The van der Waals surface area contributed by atoms with Crippen molar-refractivity contribution >= 4 is 23.5 Å². The molecule has 0 aromatic carbocycles. The second kappa shape index (κ2) is 7.37. The van der Waals surface area contributed by atoms with Gasteiger partial charge in [0.25, 0.3) is 0 Å². The van der Waals surface area contributed by atoms with Crippen LogP contribution in [0.15, 0.2) is 0 Å². The van der Waals surface area contributed by atoms with Crippen LogP contribution in [0.2, 0.25) is 0 Å². The van der Waals surface area contributed by atoms with E-state index in [2.05, 4.69) is 0 Å². The van der Waals surface area contributed by atoms with Crippen LogP contribution in [0.25, 0.3) is 0 Å². The maximum atomic E-state index is 12.1. The van der Waals surface area contributed by atoms with Crippen molar-refractivity contribution in [1.29, 1.82) is 0 Å². The fraction of sp³-hybridized carbons (Fsp3) is 0.778. The molecule has 0 aromatic heterocycles. The number of hydrogen-bond acceptors (Lipinski definition) is 2. The predicted octanol–water partition coefficient (Wildman–Crippen LogP) is 2.13. The van der Waals surface area contributed by atoms with E-state index in [0.29, 0.717) is 11.3 Å². The number of carbonyl (C=O) groups is 2. The van der Waals surface area contributed by atoms with Gasteiger partial charge in [0.15, 0.2) is 0 Å². The minimum Gasteiger partial charge on any atom is -0.315 e. The SMILES string of the molecule is CCCN(CC(F)(F)F)C(=O)NC(=O)CCCl. The van der Waals surface area contributed by atoms with E-state index in [1.54, 1.807) is 6.92 Å². The van der Waals surface area contributed by atoms with Gasteiger partial charge in [0.05, 0.1) is 0 Å². The van der Waals surface area contributed by atoms with Gasteiger partial charge in [-0.15, -0.1) is 11.6 Å². The summed E-state index contributed by atoms with van der Waals surface area (Å²) in [5, 5.41) is 1.85. The van der Waals surface area contributed by atoms with Crippen LogP contribution in [0, 0.1) is 0 Å². The van der Waals surface area contributed by atoms with Gasteiger partial charge in [-0.25, -0.2) is 4.79 Å². The molecule has 0 rings (SSSR count). The van der Waals surface area contributed by atoms with Gasteiger partial charge in [-0.2, -0.15) is 13.2 Å². The lowest BCUT2D eigenvalue weighted by Crippen LogP contribution is -2.47. The lowest BCUT2D eigenvalue weighted by atomic mass is 10.4. The minimum atomic E-state index is -4.48. The summed E-state index contributed by atoms with van der Waals surface area (Å²) < 4.78 is 36.4. The molecule has 3 amide bonds. The molecule has 0 aliphatic heterocycles. The van der Waals surface area contributed by atoms with Crippen molar-refractivity contribution in [2.45, 2.75) is 25.9 Å². The highest BCUT2D eigenvalue weighted by Gasteiger charge is 2.32. The first-order valence-electron chi connectivity index (χ1n) is 5.01. The normalized spacial score (nSPS) is 11.1. The topological polar surface area (TPSA) is 49.4 Å². The van der Waals surface area contributed by atoms with Gasteiger partial charge >= 0.3 is 12.2 Å². The summed E-state index contributed by atoms with van der Waals surface area (Å²) in [5.74, 6) is -0.681. The number of rotatable bonds is 5. The Kier molecular flexibility index (Phi) is 6.94. The Morgan fingerprint density at radius 3 is 2.35 bits per heavy atom. The molecule has 100 valence electrons. The molecule has 0 aliphatic rings. The Labute approximate surface area is 102 Å². The molecule has 0 fully saturated rings. The second-order valence-electron chi connectivity index (χ2n) is 3.33. The third-order valence-corrected chi connectivity index (χ3v) is 1.91. The molecule has 0 aromatic rings.